The van der Waals surface area contributed by atoms with Gasteiger partial charge in [0.25, 0.3) is 0 Å². The first-order valence-corrected chi connectivity index (χ1v) is 5.37. The number of ether oxygens (including phenoxy) is 1. The molecule has 0 bridgehead atoms. The highest BCUT2D eigenvalue weighted by molar-refractivity contribution is 5.44. The molecule has 3 nitrogen and oxygen atoms in total. The Balaban J connectivity index is 1.99. The van der Waals surface area contributed by atoms with Crippen LogP contribution < -0.4 is 10.1 Å². The van der Waals surface area contributed by atoms with Crippen LogP contribution in [0, 0.1) is 11.6 Å². The first kappa shape index (κ1) is 12.3. The van der Waals surface area contributed by atoms with Crippen LogP contribution in [0.5, 0.6) is 5.88 Å². The first-order valence-electron chi connectivity index (χ1n) is 5.37. The summed E-state index contributed by atoms with van der Waals surface area (Å²) in [6.07, 6.45) is 1.66. The third-order valence-corrected chi connectivity index (χ3v) is 2.42. The van der Waals surface area contributed by atoms with Crippen molar-refractivity contribution >= 4 is 5.69 Å². The van der Waals surface area contributed by atoms with E-state index < -0.39 is 11.6 Å². The van der Waals surface area contributed by atoms with Gasteiger partial charge in [0.1, 0.15) is 0 Å². The largest absolute Gasteiger partial charge is 0.481 e. The predicted octanol–water partition coefficient (Wildman–Crippen LogP) is 2.98. The molecule has 5 heteroatoms. The summed E-state index contributed by atoms with van der Waals surface area (Å²) in [5.41, 5.74) is 1.44. The van der Waals surface area contributed by atoms with Crippen LogP contribution in [-0.2, 0) is 6.54 Å². The zero-order valence-electron chi connectivity index (χ0n) is 9.78. The minimum atomic E-state index is -0.868. The summed E-state index contributed by atoms with van der Waals surface area (Å²) in [4.78, 5) is 4.04. The molecular weight excluding hydrogens is 238 g/mol. The van der Waals surface area contributed by atoms with Gasteiger partial charge in [0.05, 0.1) is 7.11 Å². The molecule has 1 N–H and O–H groups in total. The second kappa shape index (κ2) is 5.44. The molecule has 0 radical (unpaired) electrons. The van der Waals surface area contributed by atoms with Gasteiger partial charge in [-0.3, -0.25) is 0 Å². The molecule has 1 heterocycles. The number of hydrogen-bond acceptors (Lipinski definition) is 3. The Morgan fingerprint density at radius 3 is 2.61 bits per heavy atom. The summed E-state index contributed by atoms with van der Waals surface area (Å²) < 4.78 is 30.6. The summed E-state index contributed by atoms with van der Waals surface area (Å²) >= 11 is 0. The minimum absolute atomic E-state index is 0.474. The van der Waals surface area contributed by atoms with Gasteiger partial charge in [-0.2, -0.15) is 0 Å². The van der Waals surface area contributed by atoms with Crippen LogP contribution in [0.2, 0.25) is 0 Å². The van der Waals surface area contributed by atoms with E-state index in [1.807, 2.05) is 6.07 Å². The minimum Gasteiger partial charge on any atom is -0.481 e. The van der Waals surface area contributed by atoms with E-state index in [1.54, 1.807) is 19.4 Å². The average Bonchev–Trinajstić information content (AvgIpc) is 2.41. The molecule has 18 heavy (non-hydrogen) atoms. The zero-order chi connectivity index (χ0) is 13.0. The summed E-state index contributed by atoms with van der Waals surface area (Å²) in [7, 11) is 1.54. The lowest BCUT2D eigenvalue weighted by Gasteiger charge is -2.07. The number of methoxy groups -OCH3 is 1. The molecule has 1 aromatic heterocycles. The lowest BCUT2D eigenvalue weighted by Crippen LogP contribution is -2.01. The average molecular weight is 250 g/mol. The van der Waals surface area contributed by atoms with E-state index in [9.17, 15) is 8.78 Å². The van der Waals surface area contributed by atoms with E-state index in [0.717, 1.165) is 17.7 Å². The Morgan fingerprint density at radius 2 is 2.00 bits per heavy atom. The second-order valence-corrected chi connectivity index (χ2v) is 3.69. The highest BCUT2D eigenvalue weighted by Crippen LogP contribution is 2.14. The van der Waals surface area contributed by atoms with Crippen molar-refractivity contribution in [2.45, 2.75) is 6.54 Å². The topological polar surface area (TPSA) is 34.1 Å². The highest BCUT2D eigenvalue weighted by atomic mass is 19.2. The summed E-state index contributed by atoms with van der Waals surface area (Å²) in [5.74, 6) is -1.19. The quantitative estimate of drug-likeness (QED) is 0.905. The predicted molar refractivity (Wildman–Crippen MR) is 64.5 cm³/mol. The number of nitrogens with zero attached hydrogens (tertiary/aromatic N) is 1. The molecule has 0 aliphatic heterocycles. The smallest absolute Gasteiger partial charge is 0.212 e. The molecule has 0 fully saturated rings. The third-order valence-electron chi connectivity index (χ3n) is 2.42. The maximum atomic E-state index is 13.0. The van der Waals surface area contributed by atoms with Crippen molar-refractivity contribution in [3.8, 4) is 5.88 Å². The number of aromatic nitrogens is 1. The van der Waals surface area contributed by atoms with Crippen LogP contribution in [0.1, 0.15) is 5.56 Å². The molecular formula is C13H12F2N2O. The maximum Gasteiger partial charge on any atom is 0.212 e. The van der Waals surface area contributed by atoms with E-state index in [4.69, 9.17) is 4.74 Å². The van der Waals surface area contributed by atoms with Gasteiger partial charge < -0.3 is 10.1 Å². The third kappa shape index (κ3) is 2.94. The Kier molecular flexibility index (Phi) is 3.72. The monoisotopic (exact) mass is 250 g/mol. The van der Waals surface area contributed by atoms with Gasteiger partial charge in [0, 0.05) is 30.6 Å². The molecule has 0 saturated heterocycles. The van der Waals surface area contributed by atoms with E-state index >= 15 is 0 Å². The van der Waals surface area contributed by atoms with Crippen molar-refractivity contribution in [3.05, 3.63) is 53.7 Å². The number of hydrogen-bond donors (Lipinski definition) is 1. The fraction of sp³-hybridized carbons (Fsp3) is 0.154. The summed E-state index contributed by atoms with van der Waals surface area (Å²) in [6.45, 7) is 0.474. The van der Waals surface area contributed by atoms with Gasteiger partial charge in [0.15, 0.2) is 11.6 Å². The van der Waals surface area contributed by atoms with Gasteiger partial charge in [-0.05, 0) is 17.7 Å². The lowest BCUT2D eigenvalue weighted by atomic mass is 10.2. The van der Waals surface area contributed by atoms with Crippen molar-refractivity contribution in [1.29, 1.82) is 0 Å². The Morgan fingerprint density at radius 1 is 1.17 bits per heavy atom. The molecule has 2 aromatic rings. The van der Waals surface area contributed by atoms with Crippen LogP contribution in [-0.4, -0.2) is 12.1 Å². The van der Waals surface area contributed by atoms with Crippen molar-refractivity contribution in [3.63, 3.8) is 0 Å². The molecule has 1 aromatic carbocycles. The van der Waals surface area contributed by atoms with E-state index in [-0.39, 0.29) is 0 Å². The molecule has 2 rings (SSSR count). The SMILES string of the molecule is COc1ccc(CNc2ccc(F)c(F)c2)cn1. The number of rotatable bonds is 4. The van der Waals surface area contributed by atoms with Gasteiger partial charge >= 0.3 is 0 Å². The standard InChI is InChI=1S/C13H12F2N2O/c1-18-13-5-2-9(8-17-13)7-16-10-3-4-11(14)12(15)6-10/h2-6,8,16H,7H2,1H3. The molecule has 0 aliphatic rings. The number of nitrogens with one attached hydrogen (secondary N) is 1. The van der Waals surface area contributed by atoms with Gasteiger partial charge in [0.2, 0.25) is 5.88 Å². The molecule has 0 atom stereocenters. The fourth-order valence-electron chi connectivity index (χ4n) is 1.45. The molecule has 0 unspecified atom stereocenters. The number of pyridine rings is 1. The normalized spacial score (nSPS) is 10.2. The van der Waals surface area contributed by atoms with Crippen molar-refractivity contribution < 1.29 is 13.5 Å². The first-order chi connectivity index (χ1) is 8.69. The number of halogens is 2. The zero-order valence-corrected chi connectivity index (χ0v) is 9.78. The molecule has 0 saturated carbocycles. The van der Waals surface area contributed by atoms with E-state index in [1.165, 1.54) is 6.07 Å². The second-order valence-electron chi connectivity index (χ2n) is 3.69. The van der Waals surface area contributed by atoms with Crippen LogP contribution in [0.3, 0.4) is 0 Å². The Bertz CT molecular complexity index is 529. The van der Waals surface area contributed by atoms with Crippen molar-refractivity contribution in [2.75, 3.05) is 12.4 Å². The summed E-state index contributed by atoms with van der Waals surface area (Å²) in [5, 5.41) is 2.98. The van der Waals surface area contributed by atoms with Crippen LogP contribution in [0.4, 0.5) is 14.5 Å². The highest BCUT2D eigenvalue weighted by Gasteiger charge is 2.02. The Labute approximate surface area is 103 Å². The number of anilines is 1. The Hall–Kier alpha value is -2.17. The number of benzene rings is 1. The van der Waals surface area contributed by atoms with Gasteiger partial charge in [-0.15, -0.1) is 0 Å². The van der Waals surface area contributed by atoms with Crippen molar-refractivity contribution in [2.24, 2.45) is 0 Å². The van der Waals surface area contributed by atoms with Crippen LogP contribution >= 0.6 is 0 Å². The van der Waals surface area contributed by atoms with Crippen LogP contribution in [0.15, 0.2) is 36.5 Å². The summed E-state index contributed by atoms with van der Waals surface area (Å²) in [6, 6.07) is 7.27. The molecule has 0 spiro atoms. The maximum absolute atomic E-state index is 13.0. The molecule has 0 aliphatic carbocycles. The van der Waals surface area contributed by atoms with E-state index in [2.05, 4.69) is 10.3 Å². The fourth-order valence-corrected chi connectivity index (χ4v) is 1.45. The van der Waals surface area contributed by atoms with E-state index in [0.29, 0.717) is 18.1 Å². The molecule has 0 amide bonds. The van der Waals surface area contributed by atoms with Gasteiger partial charge in [-0.25, -0.2) is 13.8 Å². The van der Waals surface area contributed by atoms with Crippen molar-refractivity contribution in [1.82, 2.24) is 4.98 Å². The lowest BCUT2D eigenvalue weighted by molar-refractivity contribution is 0.397. The molecule has 94 valence electrons. The van der Waals surface area contributed by atoms with Crippen LogP contribution in [0.25, 0.3) is 0 Å². The van der Waals surface area contributed by atoms with Gasteiger partial charge in [-0.1, -0.05) is 6.07 Å².